The third-order valence-electron chi connectivity index (χ3n) is 2.00. The second kappa shape index (κ2) is 5.20. The lowest BCUT2D eigenvalue weighted by atomic mass is 10.2. The van der Waals surface area contributed by atoms with Crippen LogP contribution < -0.4 is 5.32 Å². The number of alkyl halides is 1. The lowest BCUT2D eigenvalue weighted by Crippen LogP contribution is -2.12. The molecular formula is C11H17ClN2. The van der Waals surface area contributed by atoms with Crippen molar-refractivity contribution in [3.63, 3.8) is 0 Å². The van der Waals surface area contributed by atoms with Gasteiger partial charge in [-0.15, -0.1) is 11.6 Å². The summed E-state index contributed by atoms with van der Waals surface area (Å²) >= 11 is 5.73. The summed E-state index contributed by atoms with van der Waals surface area (Å²) in [4.78, 5) is 4.32. The van der Waals surface area contributed by atoms with E-state index in [1.807, 2.05) is 26.0 Å². The Bertz CT molecular complexity index is 279. The van der Waals surface area contributed by atoms with E-state index in [1.54, 1.807) is 0 Å². The summed E-state index contributed by atoms with van der Waals surface area (Å²) in [6, 6.07) is 4.10. The highest BCUT2D eigenvalue weighted by Gasteiger charge is 2.00. The highest BCUT2D eigenvalue weighted by Crippen LogP contribution is 2.11. The number of hydrogen-bond acceptors (Lipinski definition) is 2. The maximum Gasteiger partial charge on any atom is 0.0396 e. The van der Waals surface area contributed by atoms with Crippen LogP contribution in [0.5, 0.6) is 0 Å². The van der Waals surface area contributed by atoms with Crippen molar-refractivity contribution >= 4 is 17.3 Å². The smallest absolute Gasteiger partial charge is 0.0396 e. The van der Waals surface area contributed by atoms with Crippen molar-refractivity contribution in [1.82, 2.24) is 4.98 Å². The number of aryl methyl sites for hydroxylation is 2. The van der Waals surface area contributed by atoms with Crippen LogP contribution in [0.4, 0.5) is 5.69 Å². The molecule has 2 nitrogen and oxygen atoms in total. The minimum absolute atomic E-state index is 0.491. The maximum absolute atomic E-state index is 5.73. The molecule has 1 N–H and O–H groups in total. The Hall–Kier alpha value is -0.760. The summed E-state index contributed by atoms with van der Waals surface area (Å²) in [6.45, 7) is 7.04. The first-order valence-electron chi connectivity index (χ1n) is 4.87. The van der Waals surface area contributed by atoms with Crippen molar-refractivity contribution in [1.29, 1.82) is 0 Å². The Labute approximate surface area is 90.7 Å². The van der Waals surface area contributed by atoms with Gasteiger partial charge in [-0.25, -0.2) is 0 Å². The van der Waals surface area contributed by atoms with Crippen molar-refractivity contribution in [2.45, 2.75) is 20.8 Å². The van der Waals surface area contributed by atoms with Gasteiger partial charge in [-0.1, -0.05) is 6.92 Å². The summed E-state index contributed by atoms with van der Waals surface area (Å²) in [7, 11) is 0. The van der Waals surface area contributed by atoms with E-state index in [0.717, 1.165) is 23.6 Å². The number of halogens is 1. The fraction of sp³-hybridized carbons (Fsp3) is 0.545. The van der Waals surface area contributed by atoms with Crippen molar-refractivity contribution in [2.24, 2.45) is 5.92 Å². The highest BCUT2D eigenvalue weighted by molar-refractivity contribution is 6.18. The normalized spacial score (nSPS) is 12.6. The number of anilines is 1. The molecular weight excluding hydrogens is 196 g/mol. The van der Waals surface area contributed by atoms with Gasteiger partial charge >= 0.3 is 0 Å². The summed E-state index contributed by atoms with van der Waals surface area (Å²) in [5, 5.41) is 3.35. The van der Waals surface area contributed by atoms with Crippen molar-refractivity contribution in [3.8, 4) is 0 Å². The van der Waals surface area contributed by atoms with Gasteiger partial charge in [-0.05, 0) is 31.9 Å². The zero-order valence-corrected chi connectivity index (χ0v) is 9.73. The number of pyridine rings is 1. The topological polar surface area (TPSA) is 24.9 Å². The van der Waals surface area contributed by atoms with Gasteiger partial charge < -0.3 is 5.32 Å². The van der Waals surface area contributed by atoms with Gasteiger partial charge in [0, 0.05) is 29.5 Å². The third-order valence-corrected chi connectivity index (χ3v) is 2.53. The first-order chi connectivity index (χ1) is 6.61. The fourth-order valence-corrected chi connectivity index (χ4v) is 1.39. The number of aromatic nitrogens is 1. The van der Waals surface area contributed by atoms with E-state index in [4.69, 9.17) is 11.6 Å². The van der Waals surface area contributed by atoms with Crippen LogP contribution >= 0.6 is 11.6 Å². The van der Waals surface area contributed by atoms with Crippen molar-refractivity contribution in [3.05, 3.63) is 23.5 Å². The quantitative estimate of drug-likeness (QED) is 0.777. The molecule has 78 valence electrons. The van der Waals surface area contributed by atoms with E-state index in [1.165, 1.54) is 0 Å². The van der Waals surface area contributed by atoms with Crippen LogP contribution in [-0.4, -0.2) is 17.4 Å². The molecule has 0 fully saturated rings. The minimum Gasteiger partial charge on any atom is -0.385 e. The average Bonchev–Trinajstić information content (AvgIpc) is 2.12. The van der Waals surface area contributed by atoms with Crippen LogP contribution in [-0.2, 0) is 0 Å². The molecule has 0 aliphatic heterocycles. The second-order valence-electron chi connectivity index (χ2n) is 3.78. The van der Waals surface area contributed by atoms with Crippen molar-refractivity contribution in [2.75, 3.05) is 17.7 Å². The Morgan fingerprint density at radius 2 is 1.93 bits per heavy atom. The standard InChI is InChI=1S/C11H17ClN2/c1-8(6-12)7-13-11-4-9(2)14-10(3)5-11/h4-5,8H,6-7H2,1-3H3,(H,13,14). The molecule has 3 heteroatoms. The van der Waals surface area contributed by atoms with E-state index >= 15 is 0 Å². The molecule has 0 saturated heterocycles. The van der Waals surface area contributed by atoms with Crippen LogP contribution in [0.3, 0.4) is 0 Å². The van der Waals surface area contributed by atoms with Gasteiger partial charge in [0.2, 0.25) is 0 Å². The van der Waals surface area contributed by atoms with E-state index in [-0.39, 0.29) is 0 Å². The number of nitrogens with one attached hydrogen (secondary N) is 1. The van der Waals surface area contributed by atoms with Gasteiger partial charge in [0.1, 0.15) is 0 Å². The second-order valence-corrected chi connectivity index (χ2v) is 4.09. The zero-order chi connectivity index (χ0) is 10.6. The Kier molecular flexibility index (Phi) is 4.21. The predicted molar refractivity (Wildman–Crippen MR) is 62.1 cm³/mol. The molecule has 0 amide bonds. The molecule has 1 aromatic rings. The molecule has 0 saturated carbocycles. The molecule has 1 rings (SSSR count). The molecule has 0 aliphatic rings. The first kappa shape index (κ1) is 11.3. The van der Waals surface area contributed by atoms with Crippen LogP contribution in [0.15, 0.2) is 12.1 Å². The van der Waals surface area contributed by atoms with E-state index in [9.17, 15) is 0 Å². The van der Waals surface area contributed by atoms with Crippen molar-refractivity contribution < 1.29 is 0 Å². The van der Waals surface area contributed by atoms with Gasteiger partial charge in [0.05, 0.1) is 0 Å². The maximum atomic E-state index is 5.73. The third kappa shape index (κ3) is 3.54. The van der Waals surface area contributed by atoms with Gasteiger partial charge in [-0.3, -0.25) is 4.98 Å². The largest absolute Gasteiger partial charge is 0.385 e. The molecule has 1 unspecified atom stereocenters. The molecule has 0 radical (unpaired) electrons. The first-order valence-corrected chi connectivity index (χ1v) is 5.40. The Morgan fingerprint density at radius 1 is 1.36 bits per heavy atom. The zero-order valence-electron chi connectivity index (χ0n) is 8.97. The summed E-state index contributed by atoms with van der Waals surface area (Å²) in [5.74, 6) is 1.18. The average molecular weight is 213 g/mol. The lowest BCUT2D eigenvalue weighted by Gasteiger charge is -2.11. The summed E-state index contributed by atoms with van der Waals surface area (Å²) in [6.07, 6.45) is 0. The minimum atomic E-state index is 0.491. The highest BCUT2D eigenvalue weighted by atomic mass is 35.5. The van der Waals surface area contributed by atoms with Gasteiger partial charge in [-0.2, -0.15) is 0 Å². The Morgan fingerprint density at radius 3 is 2.43 bits per heavy atom. The molecule has 0 aliphatic carbocycles. The predicted octanol–water partition coefficient (Wildman–Crippen LogP) is 2.99. The SMILES string of the molecule is Cc1cc(NCC(C)CCl)cc(C)n1. The Balaban J connectivity index is 2.58. The van der Waals surface area contributed by atoms with E-state index in [2.05, 4.69) is 17.2 Å². The molecule has 1 heterocycles. The number of nitrogens with zero attached hydrogens (tertiary/aromatic N) is 1. The monoisotopic (exact) mass is 212 g/mol. The number of hydrogen-bond donors (Lipinski definition) is 1. The van der Waals surface area contributed by atoms with Crippen LogP contribution in [0, 0.1) is 19.8 Å². The van der Waals surface area contributed by atoms with Crippen LogP contribution in [0.2, 0.25) is 0 Å². The van der Waals surface area contributed by atoms with E-state index in [0.29, 0.717) is 11.8 Å². The molecule has 0 spiro atoms. The van der Waals surface area contributed by atoms with Gasteiger partial charge in [0.15, 0.2) is 0 Å². The molecule has 1 aromatic heterocycles. The van der Waals surface area contributed by atoms with Gasteiger partial charge in [0.25, 0.3) is 0 Å². The lowest BCUT2D eigenvalue weighted by molar-refractivity contribution is 0.696. The summed E-state index contributed by atoms with van der Waals surface area (Å²) in [5.41, 5.74) is 3.23. The summed E-state index contributed by atoms with van der Waals surface area (Å²) < 4.78 is 0. The molecule has 14 heavy (non-hydrogen) atoms. The molecule has 0 bridgehead atoms. The molecule has 0 aromatic carbocycles. The van der Waals surface area contributed by atoms with Crippen LogP contribution in [0.1, 0.15) is 18.3 Å². The van der Waals surface area contributed by atoms with Crippen LogP contribution in [0.25, 0.3) is 0 Å². The number of rotatable bonds is 4. The van der Waals surface area contributed by atoms with E-state index < -0.39 is 0 Å². The molecule has 1 atom stereocenters. The fourth-order valence-electron chi connectivity index (χ4n) is 1.28.